The average Bonchev–Trinajstić information content (AvgIpc) is 2.85. The van der Waals surface area contributed by atoms with Gasteiger partial charge in [-0.2, -0.15) is 0 Å². The molecule has 6 nitrogen and oxygen atoms in total. The summed E-state index contributed by atoms with van der Waals surface area (Å²) in [5.41, 5.74) is 1.36. The first kappa shape index (κ1) is 20.8. The monoisotopic (exact) mass is 447 g/mol. The maximum Gasteiger partial charge on any atom is 0.161 e. The molecule has 0 aliphatic carbocycles. The second-order valence-corrected chi connectivity index (χ2v) is 9.43. The molecular weight excluding hydrogens is 418 g/mol. The Morgan fingerprint density at radius 1 is 0.970 bits per heavy atom. The van der Waals surface area contributed by atoms with Gasteiger partial charge >= 0.3 is 0 Å². The fraction of sp³-hybridized carbons (Fsp3) is 0.407. The topological polar surface area (TPSA) is 71.4 Å². The van der Waals surface area contributed by atoms with E-state index in [1.807, 2.05) is 36.4 Å². The highest BCUT2D eigenvalue weighted by molar-refractivity contribution is 5.90. The normalized spacial score (nSPS) is 22.5. The summed E-state index contributed by atoms with van der Waals surface area (Å²) in [5, 5.41) is 24.0. The zero-order valence-electron chi connectivity index (χ0n) is 18.6. The summed E-state index contributed by atoms with van der Waals surface area (Å²) in [4.78, 5) is 2.28. The lowest BCUT2D eigenvalue weighted by molar-refractivity contribution is -0.0577. The summed E-state index contributed by atoms with van der Waals surface area (Å²) < 4.78 is 17.9. The minimum absolute atomic E-state index is 0.366. The number of aliphatic hydroxyl groups excluding tert-OH is 2. The maximum absolute atomic E-state index is 10.9. The number of aliphatic hydroxyl groups is 2. The number of piperidine rings is 1. The second kappa shape index (κ2) is 8.20. The summed E-state index contributed by atoms with van der Waals surface area (Å²) in [6.45, 7) is 3.27. The highest BCUT2D eigenvalue weighted by atomic mass is 16.6. The van der Waals surface area contributed by atoms with E-state index in [-0.39, 0.29) is 5.60 Å². The molecule has 3 aliphatic heterocycles. The van der Waals surface area contributed by atoms with Crippen LogP contribution in [0.5, 0.6) is 17.2 Å². The van der Waals surface area contributed by atoms with E-state index < -0.39 is 12.2 Å². The largest absolute Gasteiger partial charge is 0.486 e. The lowest BCUT2D eigenvalue weighted by Gasteiger charge is -2.46. The average molecular weight is 448 g/mol. The van der Waals surface area contributed by atoms with Gasteiger partial charge in [0.2, 0.25) is 0 Å². The summed E-state index contributed by atoms with van der Waals surface area (Å²) >= 11 is 0. The molecule has 3 heterocycles. The van der Waals surface area contributed by atoms with Gasteiger partial charge in [-0.1, -0.05) is 42.5 Å². The molecule has 1 spiro atoms. The zero-order chi connectivity index (χ0) is 22.4. The number of rotatable bonds is 3. The molecule has 0 saturated carbocycles. The Balaban J connectivity index is 1.15. The third kappa shape index (κ3) is 3.82. The van der Waals surface area contributed by atoms with Crippen molar-refractivity contribution in [1.82, 2.24) is 4.90 Å². The Morgan fingerprint density at radius 2 is 1.76 bits per heavy atom. The van der Waals surface area contributed by atoms with Crippen molar-refractivity contribution in [3.63, 3.8) is 0 Å². The van der Waals surface area contributed by atoms with Crippen molar-refractivity contribution in [3.05, 3.63) is 65.7 Å². The number of nitrogens with zero attached hydrogens (tertiary/aromatic N) is 1. The molecule has 1 saturated heterocycles. The summed E-state index contributed by atoms with van der Waals surface area (Å²) in [7, 11) is 0. The second-order valence-electron chi connectivity index (χ2n) is 9.43. The van der Waals surface area contributed by atoms with E-state index in [2.05, 4.69) is 23.1 Å². The summed E-state index contributed by atoms with van der Waals surface area (Å²) in [6.07, 6.45) is 1.13. The van der Waals surface area contributed by atoms with Crippen LogP contribution < -0.4 is 14.2 Å². The fourth-order valence-corrected chi connectivity index (χ4v) is 5.42. The van der Waals surface area contributed by atoms with Crippen LogP contribution in [0.25, 0.3) is 10.8 Å². The molecule has 0 aromatic heterocycles. The quantitative estimate of drug-likeness (QED) is 0.633. The first-order valence-electron chi connectivity index (χ1n) is 11.8. The highest BCUT2D eigenvalue weighted by Gasteiger charge is 2.43. The van der Waals surface area contributed by atoms with E-state index in [1.165, 1.54) is 0 Å². The lowest BCUT2D eigenvalue weighted by atomic mass is 9.81. The van der Waals surface area contributed by atoms with Crippen molar-refractivity contribution < 1.29 is 24.4 Å². The van der Waals surface area contributed by atoms with Crippen molar-refractivity contribution in [1.29, 1.82) is 0 Å². The molecule has 0 radical (unpaired) electrons. The summed E-state index contributed by atoms with van der Waals surface area (Å²) in [5.74, 6) is 2.26. The van der Waals surface area contributed by atoms with Crippen molar-refractivity contribution in [2.75, 3.05) is 32.8 Å². The van der Waals surface area contributed by atoms with E-state index in [0.717, 1.165) is 59.3 Å². The predicted octanol–water partition coefficient (Wildman–Crippen LogP) is 4.00. The van der Waals surface area contributed by atoms with Crippen LogP contribution in [0.1, 0.15) is 42.6 Å². The molecule has 1 fully saturated rings. The first-order chi connectivity index (χ1) is 16.1. The van der Waals surface area contributed by atoms with Gasteiger partial charge in [-0.15, -0.1) is 0 Å². The Labute approximate surface area is 193 Å². The van der Waals surface area contributed by atoms with E-state index in [9.17, 15) is 10.2 Å². The van der Waals surface area contributed by atoms with Crippen molar-refractivity contribution in [3.8, 4) is 17.2 Å². The third-order valence-corrected chi connectivity index (χ3v) is 7.30. The van der Waals surface area contributed by atoms with Crippen molar-refractivity contribution in [2.45, 2.75) is 37.1 Å². The molecule has 6 heteroatoms. The van der Waals surface area contributed by atoms with Crippen LogP contribution in [-0.4, -0.2) is 53.6 Å². The molecule has 0 amide bonds. The molecule has 6 rings (SSSR count). The van der Waals surface area contributed by atoms with Gasteiger partial charge in [-0.05, 0) is 35.9 Å². The van der Waals surface area contributed by atoms with E-state index >= 15 is 0 Å². The van der Waals surface area contributed by atoms with Gasteiger partial charge in [0.15, 0.2) is 11.5 Å². The Bertz CT molecular complexity index is 1170. The van der Waals surface area contributed by atoms with Crippen LogP contribution in [0.15, 0.2) is 54.6 Å². The van der Waals surface area contributed by atoms with Crippen LogP contribution >= 0.6 is 0 Å². The van der Waals surface area contributed by atoms with Crippen LogP contribution in [0.3, 0.4) is 0 Å². The third-order valence-electron chi connectivity index (χ3n) is 7.30. The number of ether oxygens (including phenoxy) is 3. The van der Waals surface area contributed by atoms with Gasteiger partial charge in [0, 0.05) is 37.0 Å². The highest BCUT2D eigenvalue weighted by Crippen LogP contribution is 2.47. The van der Waals surface area contributed by atoms with Crippen molar-refractivity contribution >= 4 is 10.8 Å². The van der Waals surface area contributed by atoms with E-state index in [1.54, 1.807) is 0 Å². The molecule has 2 N–H and O–H groups in total. The number of fused-ring (bicyclic) bond motifs is 4. The molecule has 172 valence electrons. The number of hydrogen-bond donors (Lipinski definition) is 2. The standard InChI is InChI=1S/C27H29NO5/c29-22-16-27(33-26-20-4-2-1-3-18(20)5-7-21(22)26)9-11-28(12-10-27)17-23(30)19-6-8-24-25(15-19)32-14-13-31-24/h1-8,15,22-23,29-30H,9-14,16-17H2. The molecule has 0 bridgehead atoms. The van der Waals surface area contributed by atoms with Gasteiger partial charge in [0.05, 0.1) is 12.2 Å². The number of β-amino-alcohol motifs (C(OH)–C–C–N with tert-alkyl or cyclic N) is 1. The van der Waals surface area contributed by atoms with Gasteiger partial charge in [0.25, 0.3) is 0 Å². The fourth-order valence-electron chi connectivity index (χ4n) is 5.42. The SMILES string of the molecule is OC(CN1CCC2(CC1)CC(O)c1ccc3ccccc3c1O2)c1ccc2c(c1)OCCO2. The molecule has 3 aromatic rings. The van der Waals surface area contributed by atoms with Crippen LogP contribution in [0, 0.1) is 0 Å². The Kier molecular flexibility index (Phi) is 5.17. The molecule has 2 atom stereocenters. The molecular formula is C27H29NO5. The van der Waals surface area contributed by atoms with E-state index in [4.69, 9.17) is 14.2 Å². The maximum atomic E-state index is 10.9. The first-order valence-corrected chi connectivity index (χ1v) is 11.8. The van der Waals surface area contributed by atoms with Crippen LogP contribution in [-0.2, 0) is 0 Å². The minimum Gasteiger partial charge on any atom is -0.486 e. The zero-order valence-corrected chi connectivity index (χ0v) is 18.6. The van der Waals surface area contributed by atoms with Gasteiger partial charge in [0.1, 0.15) is 24.6 Å². The van der Waals surface area contributed by atoms with Gasteiger partial charge in [-0.25, -0.2) is 0 Å². The molecule has 3 aliphatic rings. The Morgan fingerprint density at radius 3 is 2.61 bits per heavy atom. The summed E-state index contributed by atoms with van der Waals surface area (Å²) in [6, 6.07) is 17.9. The molecule has 3 aromatic carbocycles. The number of benzene rings is 3. The number of likely N-dealkylation sites (tertiary alicyclic amines) is 1. The minimum atomic E-state index is -0.600. The van der Waals surface area contributed by atoms with Crippen LogP contribution in [0.2, 0.25) is 0 Å². The Hall–Kier alpha value is -2.80. The van der Waals surface area contributed by atoms with Crippen molar-refractivity contribution in [2.24, 2.45) is 0 Å². The molecule has 33 heavy (non-hydrogen) atoms. The van der Waals surface area contributed by atoms with Gasteiger partial charge < -0.3 is 29.3 Å². The van der Waals surface area contributed by atoms with Gasteiger partial charge in [-0.3, -0.25) is 0 Å². The number of hydrogen-bond acceptors (Lipinski definition) is 6. The molecule has 2 unspecified atom stereocenters. The predicted molar refractivity (Wildman–Crippen MR) is 125 cm³/mol. The van der Waals surface area contributed by atoms with E-state index in [0.29, 0.717) is 31.9 Å². The van der Waals surface area contributed by atoms with Crippen LogP contribution in [0.4, 0.5) is 0 Å². The lowest BCUT2D eigenvalue weighted by Crippen LogP contribution is -2.51. The smallest absolute Gasteiger partial charge is 0.161 e.